The van der Waals surface area contributed by atoms with Crippen molar-refractivity contribution in [2.45, 2.75) is 39.2 Å². The average Bonchev–Trinajstić information content (AvgIpc) is 3.38. The molecule has 7 nitrogen and oxygen atoms in total. The topological polar surface area (TPSA) is 93.8 Å². The molecule has 2 fully saturated rings. The van der Waals surface area contributed by atoms with Crippen LogP contribution in [0.15, 0.2) is 53.6 Å². The third kappa shape index (κ3) is 4.20. The zero-order valence-corrected chi connectivity index (χ0v) is 16.9. The van der Waals surface area contributed by atoms with Gasteiger partial charge in [0.25, 0.3) is 5.69 Å². The molecule has 1 amide bonds. The van der Waals surface area contributed by atoms with Gasteiger partial charge in [-0.15, -0.1) is 0 Å². The number of carbonyl (C=O) groups is 1. The average molecular weight is 407 g/mol. The highest BCUT2D eigenvalue weighted by Crippen LogP contribution is 2.66. The predicted octanol–water partition coefficient (Wildman–Crippen LogP) is 4.45. The summed E-state index contributed by atoms with van der Waals surface area (Å²) in [5.74, 6) is 1.28. The van der Waals surface area contributed by atoms with Gasteiger partial charge in [-0.25, -0.2) is 5.43 Å². The van der Waals surface area contributed by atoms with Gasteiger partial charge in [-0.3, -0.25) is 14.9 Å². The fourth-order valence-corrected chi connectivity index (χ4v) is 4.66. The first-order valence-corrected chi connectivity index (χ1v) is 10.3. The number of nitrogens with one attached hydrogen (secondary N) is 1. The van der Waals surface area contributed by atoms with Gasteiger partial charge in [-0.1, -0.05) is 31.9 Å². The van der Waals surface area contributed by atoms with Gasteiger partial charge in [0.05, 0.1) is 11.1 Å². The number of amides is 1. The standard InChI is InChI=1S/C23H25N3O4/c1-23-12-3-2-7-20(23)21(23)22(27)25-24-14-17-5-4-6-19(13-17)30-15-16-8-10-18(11-9-16)26(28)29/h4-6,8-11,13-14,20-21H,2-3,7,12,15H2,1H3,(H,25,27)/b24-14-/t20-,21+,23-/m0/s1. The molecule has 156 valence electrons. The van der Waals surface area contributed by atoms with Crippen LogP contribution in [-0.4, -0.2) is 17.0 Å². The van der Waals surface area contributed by atoms with Crippen molar-refractivity contribution in [2.75, 3.05) is 0 Å². The van der Waals surface area contributed by atoms with Crippen LogP contribution >= 0.6 is 0 Å². The van der Waals surface area contributed by atoms with Crippen LogP contribution < -0.4 is 10.2 Å². The van der Waals surface area contributed by atoms with Crippen LogP contribution in [-0.2, 0) is 11.4 Å². The van der Waals surface area contributed by atoms with E-state index in [0.717, 1.165) is 24.0 Å². The minimum absolute atomic E-state index is 0.0197. The fraction of sp³-hybridized carbons (Fsp3) is 0.391. The fourth-order valence-electron chi connectivity index (χ4n) is 4.66. The van der Waals surface area contributed by atoms with Crippen molar-refractivity contribution in [1.82, 2.24) is 5.43 Å². The Balaban J connectivity index is 1.30. The Morgan fingerprint density at radius 2 is 2.10 bits per heavy atom. The Hall–Kier alpha value is -3.22. The van der Waals surface area contributed by atoms with E-state index in [1.165, 1.54) is 25.0 Å². The van der Waals surface area contributed by atoms with E-state index in [2.05, 4.69) is 17.5 Å². The molecule has 0 saturated heterocycles. The number of hydrazone groups is 1. The van der Waals surface area contributed by atoms with E-state index in [4.69, 9.17) is 4.74 Å². The number of non-ortho nitro benzene ring substituents is 1. The van der Waals surface area contributed by atoms with Crippen molar-refractivity contribution in [3.63, 3.8) is 0 Å². The third-order valence-corrected chi connectivity index (χ3v) is 6.41. The highest BCUT2D eigenvalue weighted by molar-refractivity contribution is 5.86. The highest BCUT2D eigenvalue weighted by Gasteiger charge is 2.64. The smallest absolute Gasteiger partial charge is 0.269 e. The van der Waals surface area contributed by atoms with Crippen LogP contribution in [0.1, 0.15) is 43.7 Å². The molecule has 3 atom stereocenters. The lowest BCUT2D eigenvalue weighted by Crippen LogP contribution is -2.22. The summed E-state index contributed by atoms with van der Waals surface area (Å²) in [4.78, 5) is 22.8. The number of nitro benzene ring substituents is 1. The second-order valence-corrected chi connectivity index (χ2v) is 8.35. The first kappa shape index (κ1) is 20.1. The van der Waals surface area contributed by atoms with E-state index < -0.39 is 4.92 Å². The quantitative estimate of drug-likeness (QED) is 0.417. The largest absolute Gasteiger partial charge is 0.489 e. The molecule has 2 aliphatic carbocycles. The van der Waals surface area contributed by atoms with E-state index in [-0.39, 0.29) is 22.9 Å². The summed E-state index contributed by atoms with van der Waals surface area (Å²) in [6, 6.07) is 13.7. The SMILES string of the molecule is C[C@]12CCCC[C@H]1[C@@H]2C(=O)N/N=C\c1cccc(OCc2ccc([N+](=O)[O-])cc2)c1. The van der Waals surface area contributed by atoms with Crippen LogP contribution in [0.2, 0.25) is 0 Å². The van der Waals surface area contributed by atoms with Gasteiger partial charge in [-0.2, -0.15) is 5.10 Å². The van der Waals surface area contributed by atoms with Gasteiger partial charge >= 0.3 is 0 Å². The van der Waals surface area contributed by atoms with E-state index >= 15 is 0 Å². The second kappa shape index (κ2) is 8.26. The second-order valence-electron chi connectivity index (χ2n) is 8.35. The Kier molecular flexibility index (Phi) is 5.53. The summed E-state index contributed by atoms with van der Waals surface area (Å²) in [6.07, 6.45) is 6.33. The molecule has 4 rings (SSSR count). The molecule has 0 aliphatic heterocycles. The third-order valence-electron chi connectivity index (χ3n) is 6.41. The summed E-state index contributed by atoms with van der Waals surface area (Å²) in [5, 5.41) is 14.8. The number of ether oxygens (including phenoxy) is 1. The minimum atomic E-state index is -0.427. The molecule has 0 radical (unpaired) electrons. The van der Waals surface area contributed by atoms with Gasteiger partial charge < -0.3 is 4.74 Å². The summed E-state index contributed by atoms with van der Waals surface area (Å²) in [5.41, 5.74) is 4.58. The highest BCUT2D eigenvalue weighted by atomic mass is 16.6. The molecular formula is C23H25N3O4. The predicted molar refractivity (Wildman–Crippen MR) is 113 cm³/mol. The molecule has 30 heavy (non-hydrogen) atoms. The summed E-state index contributed by atoms with van der Waals surface area (Å²) >= 11 is 0. The molecule has 0 heterocycles. The number of benzene rings is 2. The van der Waals surface area contributed by atoms with Gasteiger partial charge in [-0.05, 0) is 59.6 Å². The number of nitro groups is 1. The number of hydrogen-bond donors (Lipinski definition) is 1. The molecule has 0 unspecified atom stereocenters. The van der Waals surface area contributed by atoms with E-state index in [0.29, 0.717) is 18.3 Å². The lowest BCUT2D eigenvalue weighted by Gasteiger charge is -2.15. The van der Waals surface area contributed by atoms with E-state index in [1.807, 2.05) is 24.3 Å². The first-order valence-electron chi connectivity index (χ1n) is 10.3. The first-order chi connectivity index (χ1) is 14.5. The Morgan fingerprint density at radius 3 is 2.80 bits per heavy atom. The monoisotopic (exact) mass is 407 g/mol. The molecular weight excluding hydrogens is 382 g/mol. The van der Waals surface area contributed by atoms with Crippen molar-refractivity contribution in [2.24, 2.45) is 22.4 Å². The number of carbonyl (C=O) groups excluding carboxylic acids is 1. The van der Waals surface area contributed by atoms with Crippen LogP contribution in [0.3, 0.4) is 0 Å². The van der Waals surface area contributed by atoms with E-state index in [1.54, 1.807) is 18.3 Å². The van der Waals surface area contributed by atoms with Crippen LogP contribution in [0.5, 0.6) is 5.75 Å². The molecule has 2 aromatic carbocycles. The maximum atomic E-state index is 12.5. The zero-order chi connectivity index (χ0) is 21.1. The minimum Gasteiger partial charge on any atom is -0.489 e. The number of nitrogens with zero attached hydrogens (tertiary/aromatic N) is 2. The molecule has 7 heteroatoms. The molecule has 0 aromatic heterocycles. The number of hydrogen-bond acceptors (Lipinski definition) is 5. The maximum absolute atomic E-state index is 12.5. The van der Waals surface area contributed by atoms with Crippen LogP contribution in [0.4, 0.5) is 5.69 Å². The Labute approximate surface area is 175 Å². The lowest BCUT2D eigenvalue weighted by molar-refractivity contribution is -0.384. The molecule has 1 N–H and O–H groups in total. The number of rotatable bonds is 7. The van der Waals surface area contributed by atoms with Gasteiger partial charge in [0, 0.05) is 18.1 Å². The molecule has 2 aliphatic rings. The number of fused-ring (bicyclic) bond motifs is 1. The van der Waals surface area contributed by atoms with Crippen LogP contribution in [0, 0.1) is 27.4 Å². The van der Waals surface area contributed by atoms with Crippen molar-refractivity contribution in [3.05, 3.63) is 69.8 Å². The Bertz CT molecular complexity index is 973. The zero-order valence-electron chi connectivity index (χ0n) is 16.9. The van der Waals surface area contributed by atoms with Crippen LogP contribution in [0.25, 0.3) is 0 Å². The Morgan fingerprint density at radius 1 is 1.30 bits per heavy atom. The molecule has 2 aromatic rings. The normalized spacial score (nSPS) is 24.8. The van der Waals surface area contributed by atoms with E-state index in [9.17, 15) is 14.9 Å². The molecule has 2 saturated carbocycles. The van der Waals surface area contributed by atoms with Crippen molar-refractivity contribution in [3.8, 4) is 5.75 Å². The summed E-state index contributed by atoms with van der Waals surface area (Å²) < 4.78 is 5.77. The molecule has 0 bridgehead atoms. The molecule has 0 spiro atoms. The summed E-state index contributed by atoms with van der Waals surface area (Å²) in [6.45, 7) is 2.52. The van der Waals surface area contributed by atoms with Crippen molar-refractivity contribution in [1.29, 1.82) is 0 Å². The van der Waals surface area contributed by atoms with Gasteiger partial charge in [0.2, 0.25) is 5.91 Å². The van der Waals surface area contributed by atoms with Gasteiger partial charge in [0.1, 0.15) is 12.4 Å². The van der Waals surface area contributed by atoms with Crippen molar-refractivity contribution >= 4 is 17.8 Å². The lowest BCUT2D eigenvalue weighted by atomic mass is 9.90. The maximum Gasteiger partial charge on any atom is 0.269 e. The van der Waals surface area contributed by atoms with Crippen molar-refractivity contribution < 1.29 is 14.5 Å². The van der Waals surface area contributed by atoms with Gasteiger partial charge in [0.15, 0.2) is 0 Å². The summed E-state index contributed by atoms with van der Waals surface area (Å²) in [7, 11) is 0.